The van der Waals surface area contributed by atoms with Gasteiger partial charge in [0.2, 0.25) is 0 Å². The maximum atomic E-state index is 12.1. The molecule has 1 aromatic heterocycles. The van der Waals surface area contributed by atoms with Crippen molar-refractivity contribution in [2.45, 2.75) is 0 Å². The highest BCUT2D eigenvalue weighted by Gasteiger charge is 2.08. The van der Waals surface area contributed by atoms with Crippen molar-refractivity contribution < 1.29 is 4.74 Å². The number of fused-ring (bicyclic) bond motifs is 1. The van der Waals surface area contributed by atoms with E-state index in [1.807, 2.05) is 12.1 Å². The van der Waals surface area contributed by atoms with E-state index in [-0.39, 0.29) is 17.0 Å². The number of aromatic amines is 1. The normalized spacial score (nSPS) is 11.2. The van der Waals surface area contributed by atoms with Gasteiger partial charge in [-0.1, -0.05) is 24.3 Å². The number of aromatic nitrogens is 2. The van der Waals surface area contributed by atoms with Crippen LogP contribution in [0.2, 0.25) is 0 Å². The Bertz CT molecular complexity index is 980. The van der Waals surface area contributed by atoms with Gasteiger partial charge in [-0.25, -0.2) is 4.98 Å². The van der Waals surface area contributed by atoms with Crippen LogP contribution in [0.4, 0.5) is 0 Å². The highest BCUT2D eigenvalue weighted by molar-refractivity contribution is 5.89. The van der Waals surface area contributed by atoms with Gasteiger partial charge in [-0.3, -0.25) is 4.79 Å². The Balaban J connectivity index is 2.08. The third-order valence-electron chi connectivity index (χ3n) is 3.42. The number of nitrogens with zero attached hydrogens (tertiary/aromatic N) is 2. The summed E-state index contributed by atoms with van der Waals surface area (Å²) in [5.41, 5.74) is 1.40. The lowest BCUT2D eigenvalue weighted by Crippen LogP contribution is -2.11. The Labute approximate surface area is 132 Å². The molecule has 0 aliphatic heterocycles. The van der Waals surface area contributed by atoms with E-state index < -0.39 is 0 Å². The van der Waals surface area contributed by atoms with Gasteiger partial charge in [-0.2, -0.15) is 5.26 Å². The molecule has 3 aromatic rings. The maximum Gasteiger partial charge on any atom is 0.259 e. The number of hydrogen-bond donors (Lipinski definition) is 1. The first-order chi connectivity index (χ1) is 11.2. The largest absolute Gasteiger partial charge is 0.497 e. The minimum atomic E-state index is -0.263. The summed E-state index contributed by atoms with van der Waals surface area (Å²) < 4.78 is 5.10. The molecule has 23 heavy (non-hydrogen) atoms. The van der Waals surface area contributed by atoms with Crippen molar-refractivity contribution in [2.75, 3.05) is 7.11 Å². The molecule has 0 saturated carbocycles. The molecule has 1 N–H and O–H groups in total. The summed E-state index contributed by atoms with van der Waals surface area (Å²) in [6, 6.07) is 16.4. The molecular formula is C18H13N3O2. The number of rotatable bonds is 3. The molecule has 0 amide bonds. The molecule has 0 aliphatic carbocycles. The van der Waals surface area contributed by atoms with Gasteiger partial charge >= 0.3 is 0 Å². The maximum absolute atomic E-state index is 12.1. The highest BCUT2D eigenvalue weighted by Crippen LogP contribution is 2.18. The summed E-state index contributed by atoms with van der Waals surface area (Å²) in [5, 5.41) is 9.90. The van der Waals surface area contributed by atoms with Crippen LogP contribution in [0, 0.1) is 11.3 Å². The van der Waals surface area contributed by atoms with E-state index in [2.05, 4.69) is 16.0 Å². The Kier molecular flexibility index (Phi) is 3.89. The van der Waals surface area contributed by atoms with E-state index in [0.717, 1.165) is 11.3 Å². The van der Waals surface area contributed by atoms with E-state index >= 15 is 0 Å². The van der Waals surface area contributed by atoms with Gasteiger partial charge in [0.15, 0.2) is 5.82 Å². The summed E-state index contributed by atoms with van der Waals surface area (Å²) in [6.07, 6.45) is 1.67. The van der Waals surface area contributed by atoms with Gasteiger partial charge in [-0.15, -0.1) is 0 Å². The van der Waals surface area contributed by atoms with E-state index in [1.54, 1.807) is 49.6 Å². The summed E-state index contributed by atoms with van der Waals surface area (Å²) in [5.74, 6) is 0.991. The standard InChI is InChI=1S/C18H13N3O2/c1-23-14-8-6-12(7-9-14)10-13(11-19)17-20-16-5-3-2-4-15(16)18(22)21-17/h2-10H,1H3,(H,20,21,22)/b13-10-. The van der Waals surface area contributed by atoms with Crippen molar-refractivity contribution >= 4 is 22.6 Å². The van der Waals surface area contributed by atoms with Crippen molar-refractivity contribution in [2.24, 2.45) is 0 Å². The lowest BCUT2D eigenvalue weighted by Gasteiger charge is -2.03. The molecular weight excluding hydrogens is 290 g/mol. The number of ether oxygens (including phenoxy) is 1. The Morgan fingerprint density at radius 2 is 1.96 bits per heavy atom. The molecule has 2 aromatic carbocycles. The average Bonchev–Trinajstić information content (AvgIpc) is 2.60. The van der Waals surface area contributed by atoms with Crippen LogP contribution >= 0.6 is 0 Å². The van der Waals surface area contributed by atoms with E-state index in [4.69, 9.17) is 4.74 Å². The third-order valence-corrected chi connectivity index (χ3v) is 3.42. The number of nitrogens with one attached hydrogen (secondary N) is 1. The van der Waals surface area contributed by atoms with Crippen LogP contribution in [0.1, 0.15) is 11.4 Å². The number of H-pyrrole nitrogens is 1. The van der Waals surface area contributed by atoms with Crippen LogP contribution in [-0.4, -0.2) is 17.1 Å². The number of methoxy groups -OCH3 is 1. The van der Waals surface area contributed by atoms with Crippen LogP contribution in [0.15, 0.2) is 53.3 Å². The molecule has 0 fully saturated rings. The Hall–Kier alpha value is -3.39. The fraction of sp³-hybridized carbons (Fsp3) is 0.0556. The zero-order valence-electron chi connectivity index (χ0n) is 12.4. The van der Waals surface area contributed by atoms with Crippen LogP contribution < -0.4 is 10.3 Å². The molecule has 0 atom stereocenters. The minimum absolute atomic E-state index is 0.256. The highest BCUT2D eigenvalue weighted by atomic mass is 16.5. The quantitative estimate of drug-likeness (QED) is 0.754. The second-order valence-corrected chi connectivity index (χ2v) is 4.87. The average molecular weight is 303 g/mol. The van der Waals surface area contributed by atoms with E-state index in [0.29, 0.717) is 10.9 Å². The molecule has 3 rings (SSSR count). The topological polar surface area (TPSA) is 78.8 Å². The van der Waals surface area contributed by atoms with Crippen LogP contribution in [-0.2, 0) is 0 Å². The summed E-state index contributed by atoms with van der Waals surface area (Å²) in [7, 11) is 1.59. The first-order valence-corrected chi connectivity index (χ1v) is 6.96. The van der Waals surface area contributed by atoms with E-state index in [1.165, 1.54) is 0 Å². The van der Waals surface area contributed by atoms with Gasteiger partial charge in [0.25, 0.3) is 5.56 Å². The second-order valence-electron chi connectivity index (χ2n) is 4.87. The zero-order chi connectivity index (χ0) is 16.2. The predicted octanol–water partition coefficient (Wildman–Crippen LogP) is 3.00. The molecule has 0 radical (unpaired) electrons. The lowest BCUT2D eigenvalue weighted by atomic mass is 10.1. The van der Waals surface area contributed by atoms with Crippen molar-refractivity contribution in [1.82, 2.24) is 9.97 Å². The minimum Gasteiger partial charge on any atom is -0.497 e. The number of allylic oxidation sites excluding steroid dienone is 1. The Morgan fingerprint density at radius 1 is 1.22 bits per heavy atom. The number of para-hydroxylation sites is 1. The first kappa shape index (κ1) is 14.5. The zero-order valence-corrected chi connectivity index (χ0v) is 12.4. The van der Waals surface area contributed by atoms with Crippen LogP contribution in [0.3, 0.4) is 0 Å². The molecule has 0 aliphatic rings. The summed E-state index contributed by atoms with van der Waals surface area (Å²) in [4.78, 5) is 19.1. The fourth-order valence-corrected chi connectivity index (χ4v) is 2.23. The monoisotopic (exact) mass is 303 g/mol. The van der Waals surface area contributed by atoms with Crippen molar-refractivity contribution in [3.63, 3.8) is 0 Å². The van der Waals surface area contributed by atoms with Crippen molar-refractivity contribution in [1.29, 1.82) is 5.26 Å². The summed E-state index contributed by atoms with van der Waals surface area (Å²) >= 11 is 0. The van der Waals surface area contributed by atoms with Gasteiger partial charge in [0, 0.05) is 0 Å². The van der Waals surface area contributed by atoms with E-state index in [9.17, 15) is 10.1 Å². The molecule has 1 heterocycles. The van der Waals surface area contributed by atoms with Crippen LogP contribution in [0.5, 0.6) is 5.75 Å². The fourth-order valence-electron chi connectivity index (χ4n) is 2.23. The molecule has 5 nitrogen and oxygen atoms in total. The van der Waals surface area contributed by atoms with Crippen LogP contribution in [0.25, 0.3) is 22.6 Å². The second kappa shape index (κ2) is 6.16. The predicted molar refractivity (Wildman–Crippen MR) is 88.8 cm³/mol. The molecule has 0 unspecified atom stereocenters. The number of hydrogen-bond acceptors (Lipinski definition) is 4. The number of nitriles is 1. The molecule has 5 heteroatoms. The molecule has 0 spiro atoms. The van der Waals surface area contributed by atoms with Crippen molar-refractivity contribution in [3.05, 3.63) is 70.3 Å². The third kappa shape index (κ3) is 2.97. The molecule has 112 valence electrons. The Morgan fingerprint density at radius 3 is 2.65 bits per heavy atom. The summed E-state index contributed by atoms with van der Waals surface area (Å²) in [6.45, 7) is 0. The number of benzene rings is 2. The van der Waals surface area contributed by atoms with Gasteiger partial charge < -0.3 is 9.72 Å². The molecule has 0 saturated heterocycles. The van der Waals surface area contributed by atoms with Gasteiger partial charge in [-0.05, 0) is 35.9 Å². The first-order valence-electron chi connectivity index (χ1n) is 6.96. The van der Waals surface area contributed by atoms with Crippen molar-refractivity contribution in [3.8, 4) is 11.8 Å². The SMILES string of the molecule is COc1ccc(/C=C(/C#N)c2nc3ccccc3c(=O)[nH]2)cc1. The van der Waals surface area contributed by atoms with Gasteiger partial charge in [0.05, 0.1) is 23.6 Å². The van der Waals surface area contributed by atoms with Gasteiger partial charge in [0.1, 0.15) is 11.8 Å². The molecule has 0 bridgehead atoms. The lowest BCUT2D eigenvalue weighted by molar-refractivity contribution is 0.415. The smallest absolute Gasteiger partial charge is 0.259 e.